The van der Waals surface area contributed by atoms with Gasteiger partial charge in [-0.1, -0.05) is 17.8 Å². The van der Waals surface area contributed by atoms with E-state index in [1.807, 2.05) is 0 Å². The van der Waals surface area contributed by atoms with E-state index in [-0.39, 0.29) is 35.7 Å². The van der Waals surface area contributed by atoms with Crippen LogP contribution in [0.1, 0.15) is 40.8 Å². The Morgan fingerprint density at radius 3 is 2.80 bits per heavy atom. The summed E-state index contributed by atoms with van der Waals surface area (Å²) in [4.78, 5) is 35.5. The number of thiazole rings is 1. The Hall–Kier alpha value is -3.78. The van der Waals surface area contributed by atoms with Gasteiger partial charge in [-0.15, -0.1) is 21.5 Å². The van der Waals surface area contributed by atoms with E-state index in [1.54, 1.807) is 52.4 Å². The number of hydrogen-bond donors (Lipinski definition) is 0. The molecule has 0 spiro atoms. The molecule has 1 aliphatic rings. The van der Waals surface area contributed by atoms with Crippen LogP contribution in [-0.2, 0) is 21.5 Å². The predicted octanol–water partition coefficient (Wildman–Crippen LogP) is 5.51. The van der Waals surface area contributed by atoms with E-state index in [4.69, 9.17) is 4.74 Å². The van der Waals surface area contributed by atoms with E-state index in [0.717, 1.165) is 12.1 Å². The van der Waals surface area contributed by atoms with Gasteiger partial charge < -0.3 is 9.64 Å². The van der Waals surface area contributed by atoms with Crippen molar-refractivity contribution in [2.24, 2.45) is 5.92 Å². The summed E-state index contributed by atoms with van der Waals surface area (Å²) in [5.41, 5.74) is 0.338. The summed E-state index contributed by atoms with van der Waals surface area (Å²) in [7, 11) is 0. The van der Waals surface area contributed by atoms with Gasteiger partial charge in [-0.2, -0.15) is 13.2 Å². The van der Waals surface area contributed by atoms with Crippen molar-refractivity contribution in [1.82, 2.24) is 29.6 Å². The molecular weight excluding hydrogens is 577 g/mol. The van der Waals surface area contributed by atoms with Gasteiger partial charge in [0, 0.05) is 36.4 Å². The van der Waals surface area contributed by atoms with Crippen molar-refractivity contribution in [3.63, 3.8) is 0 Å². The first kappa shape index (κ1) is 28.7. The fraction of sp³-hybridized carbons (Fsp3) is 0.333. The smallest absolute Gasteiger partial charge is 0.416 e. The van der Waals surface area contributed by atoms with Crippen LogP contribution in [0, 0.1) is 5.92 Å². The molecule has 4 heterocycles. The molecule has 5 rings (SSSR count). The van der Waals surface area contributed by atoms with Crippen molar-refractivity contribution < 1.29 is 27.5 Å². The summed E-state index contributed by atoms with van der Waals surface area (Å²) >= 11 is 2.54. The number of rotatable bonds is 8. The number of halogens is 3. The summed E-state index contributed by atoms with van der Waals surface area (Å²) < 4.78 is 47.1. The van der Waals surface area contributed by atoms with E-state index >= 15 is 0 Å². The van der Waals surface area contributed by atoms with E-state index in [2.05, 4.69) is 20.2 Å². The number of alkyl halides is 3. The van der Waals surface area contributed by atoms with Crippen molar-refractivity contribution in [3.8, 4) is 17.1 Å². The molecule has 1 aliphatic heterocycles. The molecule has 0 saturated carbocycles. The number of thioether (sulfide) groups is 1. The number of carbonyl (C=O) groups excluding carboxylic acids is 2. The molecule has 14 heteroatoms. The van der Waals surface area contributed by atoms with Crippen molar-refractivity contribution >= 4 is 35.0 Å². The maximum atomic E-state index is 13.5. The number of nitrogens with zero attached hydrogens (tertiary/aromatic N) is 6. The molecule has 9 nitrogen and oxygen atoms in total. The normalized spacial score (nSPS) is 15.6. The minimum Gasteiger partial charge on any atom is -0.466 e. The van der Waals surface area contributed by atoms with Gasteiger partial charge in [0.25, 0.3) is 5.91 Å². The summed E-state index contributed by atoms with van der Waals surface area (Å²) in [5, 5.41) is 11.2. The van der Waals surface area contributed by atoms with E-state index in [0.29, 0.717) is 53.3 Å². The van der Waals surface area contributed by atoms with Crippen LogP contribution in [0.15, 0.2) is 59.3 Å². The highest BCUT2D eigenvalue weighted by atomic mass is 32.2. The zero-order valence-electron chi connectivity index (χ0n) is 21.9. The highest BCUT2D eigenvalue weighted by Crippen LogP contribution is 2.34. The van der Waals surface area contributed by atoms with Gasteiger partial charge in [-0.3, -0.25) is 19.1 Å². The van der Waals surface area contributed by atoms with Crippen LogP contribution < -0.4 is 0 Å². The van der Waals surface area contributed by atoms with Gasteiger partial charge in [0.2, 0.25) is 0 Å². The van der Waals surface area contributed by atoms with Crippen molar-refractivity contribution in [3.05, 3.63) is 70.4 Å². The average molecular weight is 603 g/mol. The number of piperidine rings is 1. The second kappa shape index (κ2) is 12.4. The number of pyridine rings is 1. The zero-order chi connectivity index (χ0) is 29.0. The number of hydrogen-bond acceptors (Lipinski definition) is 9. The van der Waals surface area contributed by atoms with Gasteiger partial charge in [0.1, 0.15) is 10.7 Å². The monoisotopic (exact) mass is 602 g/mol. The first-order valence-electron chi connectivity index (χ1n) is 12.8. The van der Waals surface area contributed by atoms with Crippen LogP contribution in [0.3, 0.4) is 0 Å². The van der Waals surface area contributed by atoms with Gasteiger partial charge in [0.15, 0.2) is 11.0 Å². The average Bonchev–Trinajstić information content (AvgIpc) is 3.63. The minimum absolute atomic E-state index is 0.252. The molecule has 0 N–H and O–H groups in total. The molecule has 1 amide bonds. The lowest BCUT2D eigenvalue weighted by molar-refractivity contribution is -0.149. The van der Waals surface area contributed by atoms with Gasteiger partial charge in [-0.25, -0.2) is 4.98 Å². The Labute approximate surface area is 241 Å². The molecule has 0 radical (unpaired) electrons. The number of esters is 1. The quantitative estimate of drug-likeness (QED) is 0.192. The lowest BCUT2D eigenvalue weighted by Gasteiger charge is -2.31. The lowest BCUT2D eigenvalue weighted by atomic mass is 9.98. The Kier molecular flexibility index (Phi) is 8.68. The molecule has 0 aliphatic carbocycles. The second-order valence-corrected chi connectivity index (χ2v) is 11.1. The number of ether oxygens (including phenoxy) is 1. The SMILES string of the molecule is CCOC(=O)C1CCCN(C(=O)c2csc(CSc3nnc(-c4cccnc4)n3-c3cccc(C(F)(F)F)c3)n2)C1. The van der Waals surface area contributed by atoms with Crippen LogP contribution >= 0.6 is 23.1 Å². The summed E-state index contributed by atoms with van der Waals surface area (Å²) in [6.07, 6.45) is 0.0166. The molecule has 1 atom stereocenters. The molecule has 1 fully saturated rings. The number of aromatic nitrogens is 5. The first-order valence-corrected chi connectivity index (χ1v) is 14.7. The lowest BCUT2D eigenvalue weighted by Crippen LogP contribution is -2.43. The maximum Gasteiger partial charge on any atom is 0.416 e. The second-order valence-electron chi connectivity index (χ2n) is 9.19. The molecule has 41 heavy (non-hydrogen) atoms. The van der Waals surface area contributed by atoms with E-state index in [9.17, 15) is 22.8 Å². The third-order valence-electron chi connectivity index (χ3n) is 6.41. The third kappa shape index (κ3) is 6.59. The summed E-state index contributed by atoms with van der Waals surface area (Å²) in [5.74, 6) is -0.241. The van der Waals surface area contributed by atoms with Crippen LogP contribution in [0.5, 0.6) is 0 Å². The number of amides is 1. The van der Waals surface area contributed by atoms with Gasteiger partial charge in [-0.05, 0) is 50.1 Å². The molecule has 3 aromatic heterocycles. The third-order valence-corrected chi connectivity index (χ3v) is 8.38. The van der Waals surface area contributed by atoms with Crippen LogP contribution in [0.25, 0.3) is 17.1 Å². The number of likely N-dealkylation sites (tertiary alicyclic amines) is 1. The molecule has 0 bridgehead atoms. The Bertz CT molecular complexity index is 1530. The molecule has 1 saturated heterocycles. The molecule has 1 unspecified atom stereocenters. The molecule has 4 aromatic rings. The molecule has 1 aromatic carbocycles. The molecular formula is C27H25F3N6O3S2. The van der Waals surface area contributed by atoms with Gasteiger partial charge in [0.05, 0.1) is 29.5 Å². The van der Waals surface area contributed by atoms with Crippen LogP contribution in [0.2, 0.25) is 0 Å². The summed E-state index contributed by atoms with van der Waals surface area (Å²) in [6.45, 7) is 2.87. The fourth-order valence-corrected chi connectivity index (χ4v) is 6.22. The molecule has 214 valence electrons. The first-order chi connectivity index (χ1) is 19.7. The Balaban J connectivity index is 1.35. The van der Waals surface area contributed by atoms with Crippen molar-refractivity contribution in [2.75, 3.05) is 19.7 Å². The highest BCUT2D eigenvalue weighted by Gasteiger charge is 2.32. The van der Waals surface area contributed by atoms with E-state index in [1.165, 1.54) is 29.2 Å². The largest absolute Gasteiger partial charge is 0.466 e. The Morgan fingerprint density at radius 2 is 2.05 bits per heavy atom. The standard InChI is InChI=1S/C27H25F3N6O3S2/c1-2-39-25(38)18-7-5-11-35(14-18)24(37)21-15-40-22(32-21)16-41-26-34-33-23(17-6-4-10-31-13-17)36(26)20-9-3-8-19(12-20)27(28,29)30/h3-4,6,8-10,12-13,15,18H,2,5,7,11,14,16H2,1H3. The fourth-order valence-electron chi connectivity index (χ4n) is 4.48. The number of carbonyl (C=O) groups is 2. The maximum absolute atomic E-state index is 13.5. The van der Waals surface area contributed by atoms with Crippen molar-refractivity contribution in [2.45, 2.75) is 36.9 Å². The van der Waals surface area contributed by atoms with Gasteiger partial charge >= 0.3 is 12.1 Å². The predicted molar refractivity (Wildman–Crippen MR) is 147 cm³/mol. The topological polar surface area (TPSA) is 103 Å². The number of benzene rings is 1. The highest BCUT2D eigenvalue weighted by molar-refractivity contribution is 7.98. The van der Waals surface area contributed by atoms with Crippen molar-refractivity contribution in [1.29, 1.82) is 0 Å². The Morgan fingerprint density at radius 1 is 1.20 bits per heavy atom. The van der Waals surface area contributed by atoms with Crippen LogP contribution in [0.4, 0.5) is 13.2 Å². The zero-order valence-corrected chi connectivity index (χ0v) is 23.5. The van der Waals surface area contributed by atoms with E-state index < -0.39 is 11.7 Å². The summed E-state index contributed by atoms with van der Waals surface area (Å²) in [6, 6.07) is 8.42. The van der Waals surface area contributed by atoms with Crippen LogP contribution in [-0.4, -0.2) is 61.2 Å². The minimum atomic E-state index is -4.51.